The Kier molecular flexibility index (Phi) is 2.90. The minimum Gasteiger partial charge on any atom is -0.422 e. The summed E-state index contributed by atoms with van der Waals surface area (Å²) in [5.41, 5.74) is 0. The van der Waals surface area contributed by atoms with Crippen LogP contribution in [0.2, 0.25) is 0 Å². The molecule has 2 fully saturated rings. The van der Waals surface area contributed by atoms with Crippen molar-refractivity contribution in [1.29, 1.82) is 0 Å². The Hall–Kier alpha value is -1.35. The molecule has 4 nitrogen and oxygen atoms in total. The van der Waals surface area contributed by atoms with Gasteiger partial charge in [0.15, 0.2) is 0 Å². The van der Waals surface area contributed by atoms with Crippen LogP contribution in [0.5, 0.6) is 5.75 Å². The van der Waals surface area contributed by atoms with Crippen molar-refractivity contribution >= 4 is 18.4 Å². The first-order valence-corrected chi connectivity index (χ1v) is 8.94. The van der Waals surface area contributed by atoms with Crippen LogP contribution >= 0.6 is 7.67 Å². The van der Waals surface area contributed by atoms with Crippen LogP contribution in [-0.4, -0.2) is 34.5 Å². The van der Waals surface area contributed by atoms with Crippen molar-refractivity contribution in [3.8, 4) is 5.75 Å². The molecule has 2 saturated heterocycles. The van der Waals surface area contributed by atoms with Gasteiger partial charge in [0.1, 0.15) is 5.75 Å². The molecule has 0 N–H and O–H groups in total. The average Bonchev–Trinajstić information content (AvgIpc) is 3.37. The van der Waals surface area contributed by atoms with E-state index >= 15 is 0 Å². The van der Waals surface area contributed by atoms with Gasteiger partial charge >= 0.3 is 7.67 Å². The molecule has 0 spiro atoms. The summed E-state index contributed by atoms with van der Waals surface area (Å²) in [7, 11) is -2.89. The predicted octanol–water partition coefficient (Wildman–Crippen LogP) is 3.73. The van der Waals surface area contributed by atoms with Gasteiger partial charge in [-0.1, -0.05) is 30.3 Å². The molecular weight excluding hydrogens is 283 g/mol. The second-order valence-corrected chi connectivity index (χ2v) is 8.22. The summed E-state index contributed by atoms with van der Waals surface area (Å²) in [6, 6.07) is 14.7. The molecule has 2 unspecified atom stereocenters. The molecule has 0 bridgehead atoms. The van der Waals surface area contributed by atoms with Crippen LogP contribution in [0.4, 0.5) is 0 Å². The molecule has 4 atom stereocenters. The molecule has 2 aliphatic heterocycles. The maximum atomic E-state index is 13.3. The molecule has 0 aliphatic carbocycles. The fourth-order valence-corrected chi connectivity index (χ4v) is 5.54. The fraction of sp³-hybridized carbons (Fsp3) is 0.375. The van der Waals surface area contributed by atoms with E-state index in [1.165, 1.54) is 5.39 Å². The summed E-state index contributed by atoms with van der Waals surface area (Å²) >= 11 is 0. The highest BCUT2D eigenvalue weighted by Crippen LogP contribution is 2.64. The molecule has 0 aromatic heterocycles. The van der Waals surface area contributed by atoms with Gasteiger partial charge in [0.05, 0.1) is 0 Å². The van der Waals surface area contributed by atoms with E-state index in [1.54, 1.807) is 0 Å². The standard InChI is InChI=1S/C16H19N2O2P/c1-12-10-17(12)21(19,18-11-13(18)2)20-16-8-7-14-5-3-4-6-15(14)9-16/h3-9,12-13H,10-11H2,1-2H3/t12-,13-,17?,18?,21?/m1/s1. The Balaban J connectivity index is 1.66. The quantitative estimate of drug-likeness (QED) is 0.636. The van der Waals surface area contributed by atoms with Crippen molar-refractivity contribution in [2.45, 2.75) is 25.9 Å². The third-order valence-corrected chi connectivity index (χ3v) is 7.11. The van der Waals surface area contributed by atoms with E-state index in [4.69, 9.17) is 4.52 Å². The summed E-state index contributed by atoms with van der Waals surface area (Å²) in [6.45, 7) is 5.89. The molecule has 0 amide bonds. The minimum atomic E-state index is -2.89. The molecule has 5 heteroatoms. The van der Waals surface area contributed by atoms with Gasteiger partial charge in [0.25, 0.3) is 0 Å². The zero-order valence-electron chi connectivity index (χ0n) is 12.3. The van der Waals surface area contributed by atoms with Gasteiger partial charge in [-0.3, -0.25) is 0 Å². The summed E-state index contributed by atoms with van der Waals surface area (Å²) in [5.74, 6) is 0.690. The normalized spacial score (nSPS) is 33.4. The number of rotatable bonds is 4. The summed E-state index contributed by atoms with van der Waals surface area (Å²) in [6.07, 6.45) is 0. The molecule has 0 saturated carbocycles. The molecule has 0 radical (unpaired) electrons. The molecular formula is C16H19N2O2P. The zero-order chi connectivity index (χ0) is 14.6. The lowest BCUT2D eigenvalue weighted by Crippen LogP contribution is -2.13. The van der Waals surface area contributed by atoms with Crippen LogP contribution in [0.15, 0.2) is 42.5 Å². The van der Waals surface area contributed by atoms with Crippen LogP contribution in [0.1, 0.15) is 13.8 Å². The first-order chi connectivity index (χ1) is 10.1. The Morgan fingerprint density at radius 1 is 1.00 bits per heavy atom. The smallest absolute Gasteiger partial charge is 0.396 e. The lowest BCUT2D eigenvalue weighted by atomic mass is 10.1. The maximum absolute atomic E-state index is 13.3. The zero-order valence-corrected chi connectivity index (χ0v) is 13.2. The number of benzene rings is 2. The van der Waals surface area contributed by atoms with Crippen LogP contribution in [0.25, 0.3) is 10.8 Å². The molecule has 110 valence electrons. The highest BCUT2D eigenvalue weighted by atomic mass is 31.2. The van der Waals surface area contributed by atoms with Crippen LogP contribution in [0.3, 0.4) is 0 Å². The van der Waals surface area contributed by atoms with Gasteiger partial charge in [-0.15, -0.1) is 0 Å². The molecule has 2 heterocycles. The summed E-state index contributed by atoms with van der Waals surface area (Å²) in [4.78, 5) is 0. The van der Waals surface area contributed by atoms with Gasteiger partial charge in [-0.25, -0.2) is 13.9 Å². The van der Waals surface area contributed by atoms with E-state index in [2.05, 4.69) is 19.9 Å². The number of fused-ring (bicyclic) bond motifs is 1. The third-order valence-electron chi connectivity index (χ3n) is 4.25. The van der Waals surface area contributed by atoms with Crippen LogP contribution < -0.4 is 4.52 Å². The molecule has 4 rings (SSSR count). The Morgan fingerprint density at radius 2 is 1.57 bits per heavy atom. The summed E-state index contributed by atoms with van der Waals surface area (Å²) < 4.78 is 23.3. The largest absolute Gasteiger partial charge is 0.422 e. The van der Waals surface area contributed by atoms with Crippen molar-refractivity contribution < 1.29 is 9.09 Å². The highest BCUT2D eigenvalue weighted by Gasteiger charge is 2.57. The third kappa shape index (κ3) is 2.28. The summed E-state index contributed by atoms with van der Waals surface area (Å²) in [5, 5.41) is 2.28. The van der Waals surface area contributed by atoms with E-state index in [0.717, 1.165) is 18.5 Å². The minimum absolute atomic E-state index is 0.351. The fourth-order valence-electron chi connectivity index (χ4n) is 2.77. The van der Waals surface area contributed by atoms with Gasteiger partial charge in [-0.2, -0.15) is 0 Å². The van der Waals surface area contributed by atoms with Crippen molar-refractivity contribution in [2.24, 2.45) is 0 Å². The lowest BCUT2D eigenvalue weighted by molar-refractivity contribution is 0.400. The highest BCUT2D eigenvalue weighted by molar-refractivity contribution is 7.55. The number of hydrogen-bond donors (Lipinski definition) is 0. The van der Waals surface area contributed by atoms with E-state index in [1.807, 2.05) is 45.7 Å². The number of nitrogens with zero attached hydrogens (tertiary/aromatic N) is 2. The van der Waals surface area contributed by atoms with Gasteiger partial charge in [0.2, 0.25) is 0 Å². The average molecular weight is 302 g/mol. The second kappa shape index (κ2) is 4.57. The second-order valence-electron chi connectivity index (χ2n) is 6.03. The SMILES string of the molecule is C[C@@H]1CN1P(=O)(Oc1ccc2ccccc2c1)N1C[C@H]1C. The first-order valence-electron chi connectivity index (χ1n) is 7.40. The molecule has 21 heavy (non-hydrogen) atoms. The van der Waals surface area contributed by atoms with Crippen LogP contribution in [0, 0.1) is 0 Å². The predicted molar refractivity (Wildman–Crippen MR) is 84.5 cm³/mol. The van der Waals surface area contributed by atoms with Crippen LogP contribution in [-0.2, 0) is 4.57 Å². The topological polar surface area (TPSA) is 32.3 Å². The monoisotopic (exact) mass is 302 g/mol. The van der Waals surface area contributed by atoms with Gasteiger partial charge in [-0.05, 0) is 36.8 Å². The number of hydrogen-bond acceptors (Lipinski definition) is 2. The van der Waals surface area contributed by atoms with E-state index in [9.17, 15) is 4.57 Å². The maximum Gasteiger partial charge on any atom is 0.396 e. The van der Waals surface area contributed by atoms with Gasteiger partial charge in [0, 0.05) is 25.2 Å². The first kappa shape index (κ1) is 13.3. The van der Waals surface area contributed by atoms with Crippen molar-refractivity contribution in [1.82, 2.24) is 9.34 Å². The Morgan fingerprint density at radius 3 is 2.14 bits per heavy atom. The molecule has 2 aromatic carbocycles. The van der Waals surface area contributed by atoms with Crippen molar-refractivity contribution in [3.63, 3.8) is 0 Å². The van der Waals surface area contributed by atoms with Crippen molar-refractivity contribution in [2.75, 3.05) is 13.1 Å². The molecule has 2 aliphatic rings. The van der Waals surface area contributed by atoms with E-state index in [0.29, 0.717) is 17.8 Å². The van der Waals surface area contributed by atoms with Crippen molar-refractivity contribution in [3.05, 3.63) is 42.5 Å². The Bertz CT molecular complexity index is 728. The van der Waals surface area contributed by atoms with Gasteiger partial charge < -0.3 is 4.52 Å². The Labute approximate surface area is 124 Å². The lowest BCUT2D eigenvalue weighted by Gasteiger charge is -2.22. The molecule has 2 aromatic rings. The van der Waals surface area contributed by atoms with E-state index < -0.39 is 7.67 Å². The van der Waals surface area contributed by atoms with E-state index in [-0.39, 0.29) is 0 Å².